The van der Waals surface area contributed by atoms with Gasteiger partial charge in [0.25, 0.3) is 5.91 Å². The van der Waals surface area contributed by atoms with E-state index in [4.69, 9.17) is 4.74 Å². The van der Waals surface area contributed by atoms with Gasteiger partial charge in [-0.3, -0.25) is 4.79 Å². The molecule has 1 fully saturated rings. The summed E-state index contributed by atoms with van der Waals surface area (Å²) in [5, 5.41) is 0. The maximum absolute atomic E-state index is 12.4. The SMILES string of the molecule is CC(C)Oc1ccc(C(=O)N(C)C2CCS(=O)(=O)C2)cc1. The van der Waals surface area contributed by atoms with E-state index in [1.165, 1.54) is 4.90 Å². The molecule has 1 saturated heterocycles. The van der Waals surface area contributed by atoms with E-state index in [-0.39, 0.29) is 29.6 Å². The zero-order chi connectivity index (χ0) is 15.6. The largest absolute Gasteiger partial charge is 0.491 e. The lowest BCUT2D eigenvalue weighted by atomic mass is 10.1. The Hall–Kier alpha value is -1.56. The van der Waals surface area contributed by atoms with Crippen molar-refractivity contribution in [2.75, 3.05) is 18.6 Å². The summed E-state index contributed by atoms with van der Waals surface area (Å²) in [7, 11) is -1.33. The first-order chi connectivity index (χ1) is 9.78. The zero-order valence-corrected chi connectivity index (χ0v) is 13.4. The average molecular weight is 311 g/mol. The van der Waals surface area contributed by atoms with Gasteiger partial charge in [0.15, 0.2) is 9.84 Å². The highest BCUT2D eigenvalue weighted by Crippen LogP contribution is 2.20. The van der Waals surface area contributed by atoms with E-state index in [1.54, 1.807) is 31.3 Å². The molecule has 0 saturated carbocycles. The highest BCUT2D eigenvalue weighted by Gasteiger charge is 2.32. The number of hydrogen-bond acceptors (Lipinski definition) is 4. The molecule has 1 unspecified atom stereocenters. The fraction of sp³-hybridized carbons (Fsp3) is 0.533. The third-order valence-electron chi connectivity index (χ3n) is 3.55. The van der Waals surface area contributed by atoms with Crippen LogP contribution in [-0.4, -0.2) is 49.9 Å². The maximum atomic E-state index is 12.4. The van der Waals surface area contributed by atoms with Crippen molar-refractivity contribution in [2.45, 2.75) is 32.4 Å². The number of carbonyl (C=O) groups excluding carboxylic acids is 1. The Bertz CT molecular complexity index is 607. The topological polar surface area (TPSA) is 63.7 Å². The Morgan fingerprint density at radius 3 is 2.38 bits per heavy atom. The molecule has 1 aliphatic heterocycles. The van der Waals surface area contributed by atoms with Gasteiger partial charge in [0, 0.05) is 18.7 Å². The van der Waals surface area contributed by atoms with Crippen LogP contribution >= 0.6 is 0 Å². The highest BCUT2D eigenvalue weighted by molar-refractivity contribution is 7.91. The van der Waals surface area contributed by atoms with Crippen LogP contribution in [0.25, 0.3) is 0 Å². The molecule has 0 radical (unpaired) electrons. The van der Waals surface area contributed by atoms with E-state index in [0.29, 0.717) is 17.7 Å². The summed E-state index contributed by atoms with van der Waals surface area (Å²) in [5.41, 5.74) is 0.540. The molecular formula is C15H21NO4S. The van der Waals surface area contributed by atoms with E-state index in [0.717, 1.165) is 0 Å². The number of benzene rings is 1. The van der Waals surface area contributed by atoms with Crippen molar-refractivity contribution in [1.82, 2.24) is 4.90 Å². The number of hydrogen-bond donors (Lipinski definition) is 0. The van der Waals surface area contributed by atoms with Crippen molar-refractivity contribution in [3.05, 3.63) is 29.8 Å². The minimum Gasteiger partial charge on any atom is -0.491 e. The molecule has 0 spiro atoms. The van der Waals surface area contributed by atoms with Gasteiger partial charge in [-0.25, -0.2) is 8.42 Å². The second kappa shape index (κ2) is 6.05. The zero-order valence-electron chi connectivity index (χ0n) is 12.6. The lowest BCUT2D eigenvalue weighted by Gasteiger charge is -2.23. The quantitative estimate of drug-likeness (QED) is 0.849. The molecule has 1 atom stereocenters. The van der Waals surface area contributed by atoms with Gasteiger partial charge in [-0.2, -0.15) is 0 Å². The number of nitrogens with zero attached hydrogens (tertiary/aromatic N) is 1. The first-order valence-corrected chi connectivity index (χ1v) is 8.85. The van der Waals surface area contributed by atoms with Crippen LogP contribution in [0.1, 0.15) is 30.6 Å². The Labute approximate surface area is 125 Å². The van der Waals surface area contributed by atoms with Gasteiger partial charge >= 0.3 is 0 Å². The van der Waals surface area contributed by atoms with Gasteiger partial charge in [-0.05, 0) is 44.5 Å². The number of sulfone groups is 1. The Balaban J connectivity index is 2.06. The summed E-state index contributed by atoms with van der Waals surface area (Å²) in [6, 6.07) is 6.70. The minimum atomic E-state index is -2.99. The smallest absolute Gasteiger partial charge is 0.253 e. The van der Waals surface area contributed by atoms with Gasteiger partial charge in [0.1, 0.15) is 5.75 Å². The van der Waals surface area contributed by atoms with E-state index < -0.39 is 9.84 Å². The standard InChI is InChI=1S/C15H21NO4S/c1-11(2)20-14-6-4-12(5-7-14)15(17)16(3)13-8-9-21(18,19)10-13/h4-7,11,13H,8-10H2,1-3H3. The molecule has 21 heavy (non-hydrogen) atoms. The van der Waals surface area contributed by atoms with Crippen LogP contribution in [0.4, 0.5) is 0 Å². The first-order valence-electron chi connectivity index (χ1n) is 7.03. The van der Waals surface area contributed by atoms with Gasteiger partial charge in [-0.1, -0.05) is 0 Å². The summed E-state index contributed by atoms with van der Waals surface area (Å²) in [6.07, 6.45) is 0.594. The molecule has 1 aromatic carbocycles. The van der Waals surface area contributed by atoms with Crippen molar-refractivity contribution in [1.29, 1.82) is 0 Å². The molecule has 1 heterocycles. The monoisotopic (exact) mass is 311 g/mol. The third-order valence-corrected chi connectivity index (χ3v) is 5.30. The molecule has 6 heteroatoms. The van der Waals surface area contributed by atoms with Crippen LogP contribution in [0.2, 0.25) is 0 Å². The molecule has 1 aromatic rings. The normalized spacial score (nSPS) is 20.5. The van der Waals surface area contributed by atoms with Gasteiger partial charge < -0.3 is 9.64 Å². The van der Waals surface area contributed by atoms with Gasteiger partial charge in [0.2, 0.25) is 0 Å². The second-order valence-corrected chi connectivity index (χ2v) is 7.89. The summed E-state index contributed by atoms with van der Waals surface area (Å²) in [6.45, 7) is 3.88. The molecule has 1 amide bonds. The molecule has 0 N–H and O–H groups in total. The van der Waals surface area contributed by atoms with Crippen LogP contribution in [-0.2, 0) is 9.84 Å². The highest BCUT2D eigenvalue weighted by atomic mass is 32.2. The summed E-state index contributed by atoms with van der Waals surface area (Å²) in [5.74, 6) is 0.779. The van der Waals surface area contributed by atoms with Crippen molar-refractivity contribution < 1.29 is 17.9 Å². The van der Waals surface area contributed by atoms with Crippen LogP contribution in [0.5, 0.6) is 5.75 Å². The Morgan fingerprint density at radius 1 is 1.29 bits per heavy atom. The molecule has 2 rings (SSSR count). The molecule has 0 aromatic heterocycles. The second-order valence-electron chi connectivity index (χ2n) is 5.66. The van der Waals surface area contributed by atoms with Crippen molar-refractivity contribution >= 4 is 15.7 Å². The molecule has 5 nitrogen and oxygen atoms in total. The summed E-state index contributed by atoms with van der Waals surface area (Å²) in [4.78, 5) is 13.9. The van der Waals surface area contributed by atoms with Crippen LogP contribution in [0.15, 0.2) is 24.3 Å². The third kappa shape index (κ3) is 3.97. The van der Waals surface area contributed by atoms with Crippen LogP contribution in [0, 0.1) is 0 Å². The lowest BCUT2D eigenvalue weighted by molar-refractivity contribution is 0.0747. The van der Waals surface area contributed by atoms with Crippen molar-refractivity contribution in [2.24, 2.45) is 0 Å². The Morgan fingerprint density at radius 2 is 1.90 bits per heavy atom. The van der Waals surface area contributed by atoms with E-state index in [2.05, 4.69) is 0 Å². The number of rotatable bonds is 4. The maximum Gasteiger partial charge on any atom is 0.253 e. The van der Waals surface area contributed by atoms with Gasteiger partial charge in [-0.15, -0.1) is 0 Å². The number of carbonyl (C=O) groups is 1. The fourth-order valence-corrected chi connectivity index (χ4v) is 4.17. The van der Waals surface area contributed by atoms with Crippen molar-refractivity contribution in [3.63, 3.8) is 0 Å². The molecule has 116 valence electrons. The number of amides is 1. The molecular weight excluding hydrogens is 290 g/mol. The molecule has 0 bridgehead atoms. The van der Waals surface area contributed by atoms with E-state index in [9.17, 15) is 13.2 Å². The van der Waals surface area contributed by atoms with E-state index >= 15 is 0 Å². The van der Waals surface area contributed by atoms with E-state index in [1.807, 2.05) is 13.8 Å². The van der Waals surface area contributed by atoms with Gasteiger partial charge in [0.05, 0.1) is 17.6 Å². The minimum absolute atomic E-state index is 0.0593. The molecule has 1 aliphatic rings. The fourth-order valence-electron chi connectivity index (χ4n) is 2.40. The Kier molecular flexibility index (Phi) is 4.56. The average Bonchev–Trinajstić information content (AvgIpc) is 2.77. The first kappa shape index (κ1) is 15.8. The predicted molar refractivity (Wildman–Crippen MR) is 81.4 cm³/mol. The van der Waals surface area contributed by atoms with Crippen LogP contribution < -0.4 is 4.74 Å². The molecule has 0 aliphatic carbocycles. The number of ether oxygens (including phenoxy) is 1. The summed E-state index contributed by atoms with van der Waals surface area (Å²) >= 11 is 0. The predicted octanol–water partition coefficient (Wildman–Crippen LogP) is 1.73. The lowest BCUT2D eigenvalue weighted by Crippen LogP contribution is -2.37. The summed E-state index contributed by atoms with van der Waals surface area (Å²) < 4.78 is 28.5. The van der Waals surface area contributed by atoms with Crippen molar-refractivity contribution in [3.8, 4) is 5.75 Å². The van der Waals surface area contributed by atoms with Crippen LogP contribution in [0.3, 0.4) is 0 Å².